The standard InChI is InChI=1S/C20H32N4O12/c25-15(26)9-12(18(31)32)22-3-1-21-2-4-23(13(19(33)34)10-16(27)28)6-8-24(7-5-22)14(20(35)36)11-17(29)30/h12-14,21H,1-11H2,(H,25,26)(H,27,28)(H,29,30)(H,31,32)(H,33,34)(H,35,36). The van der Waals surface area contributed by atoms with Gasteiger partial charge in [0.25, 0.3) is 0 Å². The predicted octanol–water partition coefficient (Wildman–Crippen LogP) is -2.72. The number of rotatable bonds is 12. The highest BCUT2D eigenvalue weighted by atomic mass is 16.4. The van der Waals surface area contributed by atoms with E-state index in [2.05, 4.69) is 5.32 Å². The zero-order valence-corrected chi connectivity index (χ0v) is 19.5. The summed E-state index contributed by atoms with van der Waals surface area (Å²) in [5, 5.41) is 59.1. The van der Waals surface area contributed by atoms with E-state index in [0.29, 0.717) is 0 Å². The SMILES string of the molecule is O=C(O)CC(C(=O)O)N1CCNCCN(C(CC(=O)O)C(=O)O)CCN(C(CC(=O)O)C(=O)O)CC1. The summed E-state index contributed by atoms with van der Waals surface area (Å²) in [4.78, 5) is 72.9. The first-order valence-corrected chi connectivity index (χ1v) is 11.1. The summed E-state index contributed by atoms with van der Waals surface area (Å²) in [5.41, 5.74) is 0. The Morgan fingerprint density at radius 3 is 0.972 bits per heavy atom. The van der Waals surface area contributed by atoms with E-state index in [9.17, 15) is 49.2 Å². The molecular formula is C20H32N4O12. The lowest BCUT2D eigenvalue weighted by Gasteiger charge is -2.36. The Hall–Kier alpha value is -3.34. The molecule has 1 aliphatic rings. The van der Waals surface area contributed by atoms with Gasteiger partial charge in [-0.3, -0.25) is 43.5 Å². The van der Waals surface area contributed by atoms with E-state index < -0.39 is 73.2 Å². The van der Waals surface area contributed by atoms with Crippen LogP contribution in [0.15, 0.2) is 0 Å². The summed E-state index contributed by atoms with van der Waals surface area (Å²) >= 11 is 0. The summed E-state index contributed by atoms with van der Waals surface area (Å²) in [7, 11) is 0. The van der Waals surface area contributed by atoms with Crippen molar-refractivity contribution in [2.75, 3.05) is 52.4 Å². The first-order valence-electron chi connectivity index (χ1n) is 11.1. The van der Waals surface area contributed by atoms with Crippen molar-refractivity contribution >= 4 is 35.8 Å². The molecule has 1 heterocycles. The van der Waals surface area contributed by atoms with Gasteiger partial charge in [-0.25, -0.2) is 0 Å². The van der Waals surface area contributed by atoms with E-state index >= 15 is 0 Å². The van der Waals surface area contributed by atoms with Crippen LogP contribution in [0, 0.1) is 0 Å². The molecule has 0 bridgehead atoms. The monoisotopic (exact) mass is 520 g/mol. The molecule has 7 N–H and O–H groups in total. The zero-order chi connectivity index (χ0) is 27.4. The van der Waals surface area contributed by atoms with Crippen LogP contribution in [0.4, 0.5) is 0 Å². The Balaban J connectivity index is 3.28. The number of hydrogen-bond acceptors (Lipinski definition) is 10. The smallest absolute Gasteiger partial charge is 0.321 e. The number of nitrogens with one attached hydrogen (secondary N) is 1. The van der Waals surface area contributed by atoms with Crippen LogP contribution < -0.4 is 5.32 Å². The van der Waals surface area contributed by atoms with E-state index in [0.717, 1.165) is 0 Å². The van der Waals surface area contributed by atoms with Gasteiger partial charge in [-0.15, -0.1) is 0 Å². The molecule has 36 heavy (non-hydrogen) atoms. The van der Waals surface area contributed by atoms with Crippen LogP contribution in [-0.4, -0.2) is 152 Å². The van der Waals surface area contributed by atoms with Crippen molar-refractivity contribution in [3.8, 4) is 0 Å². The molecule has 1 rings (SSSR count). The third-order valence-corrected chi connectivity index (χ3v) is 5.78. The Kier molecular flexibility index (Phi) is 12.7. The summed E-state index contributed by atoms with van der Waals surface area (Å²) in [6.45, 7) is -0.134. The highest BCUT2D eigenvalue weighted by molar-refractivity contribution is 5.81. The average Bonchev–Trinajstić information content (AvgIpc) is 2.74. The van der Waals surface area contributed by atoms with Crippen LogP contribution in [0.1, 0.15) is 19.3 Å². The fourth-order valence-corrected chi connectivity index (χ4v) is 3.97. The molecule has 0 aliphatic carbocycles. The number of aliphatic carboxylic acids is 6. The molecule has 0 saturated carbocycles. The maximum atomic E-state index is 11.9. The largest absolute Gasteiger partial charge is 0.481 e. The molecule has 204 valence electrons. The van der Waals surface area contributed by atoms with Gasteiger partial charge in [0, 0.05) is 52.4 Å². The van der Waals surface area contributed by atoms with Gasteiger partial charge in [-0.05, 0) is 0 Å². The molecule has 1 fully saturated rings. The molecule has 0 spiro atoms. The van der Waals surface area contributed by atoms with Gasteiger partial charge in [-0.2, -0.15) is 0 Å². The number of carboxylic acids is 6. The van der Waals surface area contributed by atoms with Crippen molar-refractivity contribution in [3.05, 3.63) is 0 Å². The molecule has 0 aromatic carbocycles. The van der Waals surface area contributed by atoms with Gasteiger partial charge in [-0.1, -0.05) is 0 Å². The first-order chi connectivity index (χ1) is 16.8. The van der Waals surface area contributed by atoms with Gasteiger partial charge in [0.1, 0.15) is 18.1 Å². The van der Waals surface area contributed by atoms with E-state index in [4.69, 9.17) is 10.2 Å². The molecular weight excluding hydrogens is 488 g/mol. The van der Waals surface area contributed by atoms with Gasteiger partial charge < -0.3 is 36.0 Å². The van der Waals surface area contributed by atoms with Crippen molar-refractivity contribution in [3.63, 3.8) is 0 Å². The minimum atomic E-state index is -1.54. The zero-order valence-electron chi connectivity index (χ0n) is 19.5. The summed E-state index contributed by atoms with van der Waals surface area (Å²) in [5.74, 6) is -8.34. The fraction of sp³-hybridized carbons (Fsp3) is 0.700. The maximum absolute atomic E-state index is 11.9. The quantitative estimate of drug-likeness (QED) is 0.138. The van der Waals surface area contributed by atoms with Gasteiger partial charge in [0.2, 0.25) is 0 Å². The third kappa shape index (κ3) is 10.5. The summed E-state index contributed by atoms with van der Waals surface area (Å²) in [6.07, 6.45) is -2.22. The highest BCUT2D eigenvalue weighted by Gasteiger charge is 2.34. The second kappa shape index (κ2) is 14.9. The van der Waals surface area contributed by atoms with E-state index in [1.807, 2.05) is 0 Å². The molecule has 1 saturated heterocycles. The Morgan fingerprint density at radius 2 is 0.750 bits per heavy atom. The number of nitrogens with zero attached hydrogens (tertiary/aromatic N) is 3. The number of carbonyl (C=O) groups is 6. The molecule has 3 atom stereocenters. The minimum absolute atomic E-state index is 0.0479. The van der Waals surface area contributed by atoms with Gasteiger partial charge in [0.05, 0.1) is 19.3 Å². The number of hydrogen-bond donors (Lipinski definition) is 7. The highest BCUT2D eigenvalue weighted by Crippen LogP contribution is 2.12. The van der Waals surface area contributed by atoms with Crippen molar-refractivity contribution in [2.24, 2.45) is 0 Å². The van der Waals surface area contributed by atoms with Crippen LogP contribution in [0.3, 0.4) is 0 Å². The van der Waals surface area contributed by atoms with E-state index in [1.165, 1.54) is 14.7 Å². The Labute approximate surface area is 205 Å². The van der Waals surface area contributed by atoms with E-state index in [1.54, 1.807) is 0 Å². The second-order valence-corrected chi connectivity index (χ2v) is 8.21. The normalized spacial score (nSPS) is 19.7. The van der Waals surface area contributed by atoms with Gasteiger partial charge >= 0.3 is 35.8 Å². The summed E-state index contributed by atoms with van der Waals surface area (Å²) in [6, 6.07) is -4.38. The van der Waals surface area contributed by atoms with Crippen molar-refractivity contribution in [1.82, 2.24) is 20.0 Å². The fourth-order valence-electron chi connectivity index (χ4n) is 3.97. The van der Waals surface area contributed by atoms with Crippen molar-refractivity contribution < 1.29 is 59.4 Å². The molecule has 3 unspecified atom stereocenters. The molecule has 16 nitrogen and oxygen atoms in total. The second-order valence-electron chi connectivity index (χ2n) is 8.21. The minimum Gasteiger partial charge on any atom is -0.481 e. The lowest BCUT2D eigenvalue weighted by molar-refractivity contribution is -0.152. The lowest BCUT2D eigenvalue weighted by atomic mass is 10.1. The summed E-state index contributed by atoms with van der Waals surface area (Å²) < 4.78 is 0. The van der Waals surface area contributed by atoms with Crippen LogP contribution in [-0.2, 0) is 28.8 Å². The molecule has 0 radical (unpaired) electrons. The average molecular weight is 520 g/mol. The number of carboxylic acid groups (broad SMARTS) is 6. The van der Waals surface area contributed by atoms with Crippen LogP contribution in [0.5, 0.6) is 0 Å². The predicted molar refractivity (Wildman–Crippen MR) is 119 cm³/mol. The first kappa shape index (κ1) is 30.7. The van der Waals surface area contributed by atoms with Crippen LogP contribution >= 0.6 is 0 Å². The molecule has 1 aliphatic heterocycles. The molecule has 0 amide bonds. The van der Waals surface area contributed by atoms with Crippen molar-refractivity contribution in [1.29, 1.82) is 0 Å². The topological polar surface area (TPSA) is 246 Å². The Bertz CT molecular complexity index is 775. The maximum Gasteiger partial charge on any atom is 0.321 e. The lowest BCUT2D eigenvalue weighted by Crippen LogP contribution is -2.55. The van der Waals surface area contributed by atoms with Crippen LogP contribution in [0.25, 0.3) is 0 Å². The Morgan fingerprint density at radius 1 is 0.500 bits per heavy atom. The van der Waals surface area contributed by atoms with Gasteiger partial charge in [0.15, 0.2) is 0 Å². The molecule has 0 aromatic rings. The van der Waals surface area contributed by atoms with Crippen molar-refractivity contribution in [2.45, 2.75) is 37.4 Å². The van der Waals surface area contributed by atoms with E-state index in [-0.39, 0.29) is 52.4 Å². The molecule has 16 heteroatoms. The molecule has 0 aromatic heterocycles. The third-order valence-electron chi connectivity index (χ3n) is 5.78. The van der Waals surface area contributed by atoms with Crippen LogP contribution in [0.2, 0.25) is 0 Å².